The average molecular weight is 506 g/mol. The molecule has 8 heteroatoms. The van der Waals surface area contributed by atoms with Gasteiger partial charge in [-0.05, 0) is 49.6 Å². The van der Waals surface area contributed by atoms with E-state index in [1.165, 1.54) is 5.56 Å². The summed E-state index contributed by atoms with van der Waals surface area (Å²) in [6, 6.07) is 12.5. The van der Waals surface area contributed by atoms with E-state index in [1.807, 2.05) is 4.57 Å². The second kappa shape index (κ2) is 8.80. The maximum absolute atomic E-state index is 12.5. The molecule has 1 aliphatic rings. The molecular weight excluding hydrogens is 485 g/mol. The molecule has 1 fully saturated rings. The van der Waals surface area contributed by atoms with E-state index in [2.05, 4.69) is 57.0 Å². The van der Waals surface area contributed by atoms with E-state index < -0.39 is 0 Å². The third-order valence-corrected chi connectivity index (χ3v) is 6.77. The van der Waals surface area contributed by atoms with Crippen LogP contribution in [-0.4, -0.2) is 27.5 Å². The Hall–Kier alpha value is -0.980. The van der Waals surface area contributed by atoms with Crippen LogP contribution in [0, 0.1) is 0 Å². The summed E-state index contributed by atoms with van der Waals surface area (Å²) in [5.41, 5.74) is 2.78. The van der Waals surface area contributed by atoms with Crippen molar-refractivity contribution in [3.8, 4) is 0 Å². The fourth-order valence-corrected chi connectivity index (χ4v) is 4.55. The van der Waals surface area contributed by atoms with Gasteiger partial charge in [0.05, 0.1) is 21.1 Å². The van der Waals surface area contributed by atoms with E-state index in [4.69, 9.17) is 23.2 Å². The molecule has 2 heterocycles. The number of halogens is 4. The number of nitrogens with one attached hydrogen (secondary N) is 1. The minimum atomic E-state index is -0.0947. The molecular formula is C20H21BrCl3N3O. The van der Waals surface area contributed by atoms with Crippen molar-refractivity contribution < 1.29 is 0 Å². The summed E-state index contributed by atoms with van der Waals surface area (Å²) in [5.74, 6) is 0. The predicted octanol–water partition coefficient (Wildman–Crippen LogP) is 6.22. The highest BCUT2D eigenvalue weighted by molar-refractivity contribution is 9.10. The summed E-state index contributed by atoms with van der Waals surface area (Å²) >= 11 is 15.8. The normalized spacial score (nSPS) is 16.9. The maximum Gasteiger partial charge on any atom is 0.326 e. The number of imidazole rings is 1. The maximum atomic E-state index is 12.5. The Bertz CT molecular complexity index is 1020. The van der Waals surface area contributed by atoms with Gasteiger partial charge in [0, 0.05) is 29.6 Å². The number of benzene rings is 2. The zero-order valence-corrected chi connectivity index (χ0v) is 19.2. The average Bonchev–Trinajstić information content (AvgIpc) is 2.97. The lowest BCUT2D eigenvalue weighted by Gasteiger charge is -2.36. The number of hydrogen-bond donors (Lipinski definition) is 1. The molecule has 4 nitrogen and oxygen atoms in total. The summed E-state index contributed by atoms with van der Waals surface area (Å²) in [7, 11) is 0. The Morgan fingerprint density at radius 2 is 1.71 bits per heavy atom. The number of piperidine rings is 1. The molecule has 150 valence electrons. The molecule has 4 rings (SSSR count). The van der Waals surface area contributed by atoms with Gasteiger partial charge in [-0.1, -0.05) is 51.3 Å². The summed E-state index contributed by atoms with van der Waals surface area (Å²) in [6.45, 7) is 4.13. The number of rotatable bonds is 3. The molecule has 1 unspecified atom stereocenters. The van der Waals surface area contributed by atoms with Gasteiger partial charge in [-0.15, -0.1) is 12.4 Å². The Labute approximate surface area is 188 Å². The Morgan fingerprint density at radius 3 is 2.36 bits per heavy atom. The Balaban J connectivity index is 0.00000225. The van der Waals surface area contributed by atoms with Gasteiger partial charge in [0.2, 0.25) is 0 Å². The summed E-state index contributed by atoms with van der Waals surface area (Å²) in [6.07, 6.45) is 1.85. The molecule has 0 radical (unpaired) electrons. The number of aromatic amines is 1. The van der Waals surface area contributed by atoms with Crippen molar-refractivity contribution in [3.63, 3.8) is 0 Å². The van der Waals surface area contributed by atoms with Crippen molar-refractivity contribution in [2.75, 3.05) is 13.1 Å². The smallest absolute Gasteiger partial charge is 0.305 e. The van der Waals surface area contributed by atoms with E-state index in [0.717, 1.165) is 41.4 Å². The quantitative estimate of drug-likeness (QED) is 0.459. The van der Waals surface area contributed by atoms with Crippen LogP contribution in [0.15, 0.2) is 45.7 Å². The first-order chi connectivity index (χ1) is 12.9. The largest absolute Gasteiger partial charge is 0.326 e. The zero-order chi connectivity index (χ0) is 19.1. The molecule has 0 spiro atoms. The number of H-pyrrole nitrogens is 1. The zero-order valence-electron chi connectivity index (χ0n) is 15.3. The second-order valence-corrected chi connectivity index (χ2v) is 8.81. The van der Waals surface area contributed by atoms with Gasteiger partial charge < -0.3 is 4.98 Å². The molecule has 1 aliphatic heterocycles. The van der Waals surface area contributed by atoms with Gasteiger partial charge in [0.15, 0.2) is 0 Å². The second-order valence-electron chi connectivity index (χ2n) is 7.08. The number of nitrogens with zero attached hydrogens (tertiary/aromatic N) is 2. The van der Waals surface area contributed by atoms with Crippen molar-refractivity contribution in [1.29, 1.82) is 0 Å². The number of hydrogen-bond acceptors (Lipinski definition) is 2. The summed E-state index contributed by atoms with van der Waals surface area (Å²) in [4.78, 5) is 17.9. The van der Waals surface area contributed by atoms with Crippen LogP contribution in [0.3, 0.4) is 0 Å². The van der Waals surface area contributed by atoms with Crippen molar-refractivity contribution in [1.82, 2.24) is 14.5 Å². The van der Waals surface area contributed by atoms with Gasteiger partial charge >= 0.3 is 5.69 Å². The molecule has 1 aromatic heterocycles. The van der Waals surface area contributed by atoms with Gasteiger partial charge in [0.1, 0.15) is 0 Å². The third kappa shape index (κ3) is 4.14. The first kappa shape index (κ1) is 21.7. The lowest BCUT2D eigenvalue weighted by molar-refractivity contribution is 0.144. The number of aromatic nitrogens is 2. The minimum Gasteiger partial charge on any atom is -0.305 e. The molecule has 28 heavy (non-hydrogen) atoms. The lowest BCUT2D eigenvalue weighted by atomic mass is 10.00. The highest BCUT2D eigenvalue weighted by Crippen LogP contribution is 2.32. The van der Waals surface area contributed by atoms with Crippen LogP contribution >= 0.6 is 51.5 Å². The third-order valence-electron chi connectivity index (χ3n) is 5.52. The summed E-state index contributed by atoms with van der Waals surface area (Å²) in [5, 5.41) is 0.925. The van der Waals surface area contributed by atoms with E-state index in [-0.39, 0.29) is 24.1 Å². The van der Waals surface area contributed by atoms with Gasteiger partial charge in [-0.2, -0.15) is 0 Å². The van der Waals surface area contributed by atoms with Gasteiger partial charge in [0.25, 0.3) is 0 Å². The van der Waals surface area contributed by atoms with Crippen molar-refractivity contribution >= 4 is 62.6 Å². The molecule has 2 aromatic carbocycles. The molecule has 0 aliphatic carbocycles. The number of likely N-dealkylation sites (tertiary alicyclic amines) is 1. The van der Waals surface area contributed by atoms with Crippen molar-refractivity contribution in [2.24, 2.45) is 0 Å². The van der Waals surface area contributed by atoms with Crippen LogP contribution in [0.5, 0.6) is 0 Å². The fraction of sp³-hybridized carbons (Fsp3) is 0.350. The van der Waals surface area contributed by atoms with Crippen LogP contribution in [0.4, 0.5) is 0 Å². The topological polar surface area (TPSA) is 41.0 Å². The molecule has 0 saturated carbocycles. The van der Waals surface area contributed by atoms with Crippen LogP contribution in [0.1, 0.15) is 37.4 Å². The minimum absolute atomic E-state index is 0. The van der Waals surface area contributed by atoms with Crippen LogP contribution in [0.25, 0.3) is 11.0 Å². The molecule has 1 saturated heterocycles. The van der Waals surface area contributed by atoms with Crippen molar-refractivity contribution in [2.45, 2.75) is 31.8 Å². The highest BCUT2D eigenvalue weighted by atomic mass is 79.9. The lowest BCUT2D eigenvalue weighted by Crippen LogP contribution is -2.38. The van der Waals surface area contributed by atoms with E-state index in [9.17, 15) is 4.79 Å². The van der Waals surface area contributed by atoms with Crippen molar-refractivity contribution in [3.05, 3.63) is 67.0 Å². The first-order valence-electron chi connectivity index (χ1n) is 9.03. The fourth-order valence-electron chi connectivity index (χ4n) is 3.97. The Kier molecular flexibility index (Phi) is 6.83. The standard InChI is InChI=1S/C20H20BrCl2N3O.ClH/c1-12(13-2-4-14(21)5-3-13)25-8-6-15(7-9-25)26-19-11-17(23)16(22)10-18(19)24-20(26)27;/h2-5,10-12,15H,6-9H2,1H3,(H,24,27);1H. The van der Waals surface area contributed by atoms with Crippen LogP contribution in [-0.2, 0) is 0 Å². The van der Waals surface area contributed by atoms with E-state index in [1.54, 1.807) is 12.1 Å². The SMILES string of the molecule is CC(c1ccc(Br)cc1)N1CCC(n2c(=O)[nH]c3cc(Cl)c(Cl)cc32)CC1.Cl. The van der Waals surface area contributed by atoms with Gasteiger partial charge in [-0.25, -0.2) is 4.79 Å². The molecule has 0 bridgehead atoms. The van der Waals surface area contributed by atoms with Crippen LogP contribution in [0.2, 0.25) is 10.0 Å². The monoisotopic (exact) mass is 503 g/mol. The predicted molar refractivity (Wildman–Crippen MR) is 122 cm³/mol. The molecule has 3 aromatic rings. The first-order valence-corrected chi connectivity index (χ1v) is 10.6. The van der Waals surface area contributed by atoms with Gasteiger partial charge in [-0.3, -0.25) is 9.47 Å². The van der Waals surface area contributed by atoms with E-state index >= 15 is 0 Å². The Morgan fingerprint density at radius 1 is 1.11 bits per heavy atom. The highest BCUT2D eigenvalue weighted by Gasteiger charge is 2.26. The molecule has 1 atom stereocenters. The van der Waals surface area contributed by atoms with Crippen LogP contribution < -0.4 is 5.69 Å². The molecule has 0 amide bonds. The number of fused-ring (bicyclic) bond motifs is 1. The summed E-state index contributed by atoms with van der Waals surface area (Å²) < 4.78 is 2.94. The van der Waals surface area contributed by atoms with E-state index in [0.29, 0.717) is 16.1 Å². The molecule has 1 N–H and O–H groups in total.